The third-order valence-electron chi connectivity index (χ3n) is 2.05. The van der Waals surface area contributed by atoms with Crippen LogP contribution in [0.1, 0.15) is 37.0 Å². The number of hydrogen-bond acceptors (Lipinski definition) is 3. The van der Waals surface area contributed by atoms with Gasteiger partial charge in [0.25, 0.3) is 0 Å². The number of carbonyl (C=O) groups is 1. The van der Waals surface area contributed by atoms with Crippen molar-refractivity contribution in [1.29, 1.82) is 0 Å². The van der Waals surface area contributed by atoms with Crippen LogP contribution in [0.4, 0.5) is 0 Å². The van der Waals surface area contributed by atoms with Crippen LogP contribution in [-0.2, 0) is 0 Å². The van der Waals surface area contributed by atoms with Crippen molar-refractivity contribution < 1.29 is 4.79 Å². The molecule has 0 aliphatic rings. The molecule has 84 valence electrons. The van der Waals surface area contributed by atoms with Crippen LogP contribution >= 0.6 is 27.3 Å². The van der Waals surface area contributed by atoms with Gasteiger partial charge in [0.2, 0.25) is 0 Å². The lowest BCUT2D eigenvalue weighted by Gasteiger charge is -2.06. The van der Waals surface area contributed by atoms with Gasteiger partial charge in [-0.3, -0.25) is 4.79 Å². The van der Waals surface area contributed by atoms with Crippen LogP contribution in [0.5, 0.6) is 0 Å². The molecule has 1 rings (SSSR count). The van der Waals surface area contributed by atoms with Crippen molar-refractivity contribution in [3.8, 4) is 0 Å². The number of rotatable bonds is 6. The fraction of sp³-hybridized carbons (Fsp3) is 0.545. The SMILES string of the molecule is CC(C)NCCCC(=O)c1cscc1Br. The minimum Gasteiger partial charge on any atom is -0.315 e. The summed E-state index contributed by atoms with van der Waals surface area (Å²) in [5, 5.41) is 7.15. The molecule has 0 aliphatic heterocycles. The monoisotopic (exact) mass is 289 g/mol. The van der Waals surface area contributed by atoms with E-state index in [1.807, 2.05) is 10.8 Å². The molecule has 0 aliphatic carbocycles. The number of nitrogens with one attached hydrogen (secondary N) is 1. The molecular formula is C11H16BrNOS. The van der Waals surface area contributed by atoms with Gasteiger partial charge in [0.15, 0.2) is 5.78 Å². The zero-order chi connectivity index (χ0) is 11.3. The number of ketones is 1. The van der Waals surface area contributed by atoms with Gasteiger partial charge in [0.1, 0.15) is 0 Å². The van der Waals surface area contributed by atoms with Gasteiger partial charge in [-0.1, -0.05) is 13.8 Å². The average molecular weight is 290 g/mol. The minimum absolute atomic E-state index is 0.230. The molecule has 1 N–H and O–H groups in total. The Balaban J connectivity index is 2.28. The Hall–Kier alpha value is -0.190. The first-order valence-corrected chi connectivity index (χ1v) is 6.83. The lowest BCUT2D eigenvalue weighted by atomic mass is 10.1. The van der Waals surface area contributed by atoms with Crippen LogP contribution in [0, 0.1) is 0 Å². The normalized spacial score (nSPS) is 10.9. The van der Waals surface area contributed by atoms with Crippen LogP contribution in [0.25, 0.3) is 0 Å². The topological polar surface area (TPSA) is 29.1 Å². The van der Waals surface area contributed by atoms with Crippen LogP contribution in [0.2, 0.25) is 0 Å². The smallest absolute Gasteiger partial charge is 0.164 e. The van der Waals surface area contributed by atoms with Gasteiger partial charge >= 0.3 is 0 Å². The van der Waals surface area contributed by atoms with Gasteiger partial charge < -0.3 is 5.32 Å². The molecule has 0 amide bonds. The molecule has 0 unspecified atom stereocenters. The predicted octanol–water partition coefficient (Wildman–Crippen LogP) is 3.47. The zero-order valence-corrected chi connectivity index (χ0v) is 11.5. The van der Waals surface area contributed by atoms with Gasteiger partial charge in [-0.2, -0.15) is 11.3 Å². The number of hydrogen-bond donors (Lipinski definition) is 1. The van der Waals surface area contributed by atoms with Crippen LogP contribution in [0.3, 0.4) is 0 Å². The Kier molecular flexibility index (Phi) is 5.50. The Bertz CT molecular complexity index is 322. The largest absolute Gasteiger partial charge is 0.315 e. The molecule has 4 heteroatoms. The third-order valence-corrected chi connectivity index (χ3v) is 3.75. The van der Waals surface area contributed by atoms with E-state index >= 15 is 0 Å². The summed E-state index contributed by atoms with van der Waals surface area (Å²) >= 11 is 4.93. The van der Waals surface area contributed by atoms with Crippen molar-refractivity contribution in [1.82, 2.24) is 5.32 Å². The second-order valence-electron chi connectivity index (χ2n) is 3.77. The summed E-state index contributed by atoms with van der Waals surface area (Å²) in [4.78, 5) is 11.7. The van der Waals surface area contributed by atoms with Crippen molar-refractivity contribution in [2.75, 3.05) is 6.54 Å². The van der Waals surface area contributed by atoms with Crippen molar-refractivity contribution >= 4 is 33.0 Å². The minimum atomic E-state index is 0.230. The first-order chi connectivity index (χ1) is 7.11. The zero-order valence-electron chi connectivity index (χ0n) is 9.05. The Morgan fingerprint density at radius 1 is 1.53 bits per heavy atom. The highest BCUT2D eigenvalue weighted by molar-refractivity contribution is 9.10. The van der Waals surface area contributed by atoms with E-state index in [0.717, 1.165) is 23.0 Å². The molecule has 2 nitrogen and oxygen atoms in total. The van der Waals surface area contributed by atoms with Gasteiger partial charge in [0.05, 0.1) is 0 Å². The van der Waals surface area contributed by atoms with Crippen molar-refractivity contribution in [3.63, 3.8) is 0 Å². The molecule has 0 radical (unpaired) electrons. The van der Waals surface area contributed by atoms with E-state index in [1.165, 1.54) is 0 Å². The van der Waals surface area contributed by atoms with E-state index in [2.05, 4.69) is 35.1 Å². The highest BCUT2D eigenvalue weighted by Crippen LogP contribution is 2.22. The van der Waals surface area contributed by atoms with E-state index in [9.17, 15) is 4.79 Å². The second-order valence-corrected chi connectivity index (χ2v) is 5.37. The maximum absolute atomic E-state index is 11.7. The van der Waals surface area contributed by atoms with E-state index < -0.39 is 0 Å². The van der Waals surface area contributed by atoms with E-state index in [0.29, 0.717) is 12.5 Å². The Labute approximate surface area is 103 Å². The molecule has 0 fully saturated rings. The summed E-state index contributed by atoms with van der Waals surface area (Å²) in [6.07, 6.45) is 1.52. The Morgan fingerprint density at radius 2 is 2.27 bits per heavy atom. The van der Waals surface area contributed by atoms with E-state index in [1.54, 1.807) is 11.3 Å². The predicted molar refractivity (Wildman–Crippen MR) is 68.7 cm³/mol. The summed E-state index contributed by atoms with van der Waals surface area (Å²) in [7, 11) is 0. The lowest BCUT2D eigenvalue weighted by Crippen LogP contribution is -2.24. The quantitative estimate of drug-likeness (QED) is 0.642. The van der Waals surface area contributed by atoms with Crippen LogP contribution in [-0.4, -0.2) is 18.4 Å². The highest BCUT2D eigenvalue weighted by Gasteiger charge is 2.10. The molecule has 0 aromatic carbocycles. The van der Waals surface area contributed by atoms with Crippen molar-refractivity contribution in [2.45, 2.75) is 32.7 Å². The number of Topliss-reactive ketones (excluding diaryl/α,β-unsaturated/α-hetero) is 1. The van der Waals surface area contributed by atoms with Crippen LogP contribution < -0.4 is 5.32 Å². The summed E-state index contributed by atoms with van der Waals surface area (Å²) in [6, 6.07) is 0.494. The lowest BCUT2D eigenvalue weighted by molar-refractivity contribution is 0.0979. The molecular weight excluding hydrogens is 274 g/mol. The van der Waals surface area contributed by atoms with Gasteiger partial charge in [-0.05, 0) is 28.9 Å². The van der Waals surface area contributed by atoms with Gasteiger partial charge in [-0.25, -0.2) is 0 Å². The standard InChI is InChI=1S/C11H16BrNOS/c1-8(2)13-5-3-4-11(14)9-6-15-7-10(9)12/h6-8,13H,3-5H2,1-2H3. The summed E-state index contributed by atoms with van der Waals surface area (Å²) in [5.41, 5.74) is 0.824. The summed E-state index contributed by atoms with van der Waals surface area (Å²) in [5.74, 6) is 0.230. The maximum atomic E-state index is 11.7. The summed E-state index contributed by atoms with van der Waals surface area (Å²) < 4.78 is 0.925. The first-order valence-electron chi connectivity index (χ1n) is 5.09. The van der Waals surface area contributed by atoms with Gasteiger partial charge in [0, 0.05) is 33.3 Å². The molecule has 0 spiro atoms. The van der Waals surface area contributed by atoms with E-state index in [4.69, 9.17) is 0 Å². The number of thiophene rings is 1. The number of carbonyl (C=O) groups excluding carboxylic acids is 1. The van der Waals surface area contributed by atoms with Crippen molar-refractivity contribution in [3.05, 3.63) is 20.8 Å². The Morgan fingerprint density at radius 3 is 2.80 bits per heavy atom. The molecule has 0 bridgehead atoms. The fourth-order valence-electron chi connectivity index (χ4n) is 1.25. The van der Waals surface area contributed by atoms with Gasteiger partial charge in [-0.15, -0.1) is 0 Å². The fourth-order valence-corrected chi connectivity index (χ4v) is 2.77. The number of halogens is 1. The molecule has 1 heterocycles. The second kappa shape index (κ2) is 6.40. The summed E-state index contributed by atoms with van der Waals surface area (Å²) in [6.45, 7) is 5.12. The molecule has 0 saturated heterocycles. The maximum Gasteiger partial charge on any atom is 0.164 e. The van der Waals surface area contributed by atoms with Crippen LogP contribution in [0.15, 0.2) is 15.2 Å². The highest BCUT2D eigenvalue weighted by atomic mass is 79.9. The molecule has 1 aromatic rings. The first kappa shape index (κ1) is 12.9. The van der Waals surface area contributed by atoms with Crippen molar-refractivity contribution in [2.24, 2.45) is 0 Å². The van der Waals surface area contributed by atoms with E-state index in [-0.39, 0.29) is 5.78 Å². The molecule has 0 saturated carbocycles. The molecule has 0 atom stereocenters. The molecule has 15 heavy (non-hydrogen) atoms. The molecule has 1 aromatic heterocycles. The average Bonchev–Trinajstić information content (AvgIpc) is 2.58. The third kappa shape index (κ3) is 4.45.